The molecule has 0 unspecified atom stereocenters. The lowest BCUT2D eigenvalue weighted by Crippen LogP contribution is -2.38. The third-order valence-electron chi connectivity index (χ3n) is 2.46. The number of benzene rings is 1. The lowest BCUT2D eigenvalue weighted by Gasteiger charge is -2.21. The first-order valence-electron chi connectivity index (χ1n) is 6.22. The van der Waals surface area contributed by atoms with Crippen molar-refractivity contribution in [2.45, 2.75) is 6.92 Å². The normalized spacial score (nSPS) is 9.95. The van der Waals surface area contributed by atoms with Gasteiger partial charge in [0, 0.05) is 31.4 Å². The third kappa shape index (κ3) is 5.25. The first-order chi connectivity index (χ1) is 9.56. The van der Waals surface area contributed by atoms with Gasteiger partial charge in [0.1, 0.15) is 0 Å². The zero-order valence-corrected chi connectivity index (χ0v) is 11.3. The molecule has 110 valence electrons. The van der Waals surface area contributed by atoms with E-state index in [1.54, 1.807) is 24.3 Å². The Morgan fingerprint density at radius 1 is 1.10 bits per heavy atom. The number of rotatable bonds is 6. The first kappa shape index (κ1) is 15.9. The van der Waals surface area contributed by atoms with Gasteiger partial charge in [-0.2, -0.15) is 0 Å². The van der Waals surface area contributed by atoms with Gasteiger partial charge in [0.05, 0.1) is 13.2 Å². The molecule has 0 heterocycles. The number of anilines is 2. The van der Waals surface area contributed by atoms with Crippen molar-refractivity contribution in [3.05, 3.63) is 24.3 Å². The van der Waals surface area contributed by atoms with E-state index in [0.717, 1.165) is 0 Å². The monoisotopic (exact) mass is 281 g/mol. The summed E-state index contributed by atoms with van der Waals surface area (Å²) < 4.78 is 0. The second kappa shape index (κ2) is 8.13. The molecule has 0 aromatic heterocycles. The molecule has 0 aliphatic rings. The second-order valence-electron chi connectivity index (χ2n) is 4.13. The number of carbonyl (C=O) groups is 2. The molecule has 0 radical (unpaired) electrons. The fourth-order valence-corrected chi connectivity index (χ4v) is 1.64. The van der Waals surface area contributed by atoms with Crippen molar-refractivity contribution in [2.24, 2.45) is 0 Å². The Bertz CT molecular complexity index is 459. The molecule has 0 saturated heterocycles. The van der Waals surface area contributed by atoms with Crippen LogP contribution in [0.15, 0.2) is 24.3 Å². The van der Waals surface area contributed by atoms with Crippen molar-refractivity contribution < 1.29 is 19.8 Å². The standard InChI is InChI=1S/C13H19N3O4/c1-10(19)14-11-3-2-4-12(9-11)15-13(20)16(5-7-17)6-8-18/h2-4,9,17-18H,5-8H2,1H3,(H,14,19)(H,15,20). The molecule has 20 heavy (non-hydrogen) atoms. The van der Waals surface area contributed by atoms with E-state index in [1.165, 1.54) is 11.8 Å². The van der Waals surface area contributed by atoms with Crippen LogP contribution in [0.5, 0.6) is 0 Å². The molecular formula is C13H19N3O4. The van der Waals surface area contributed by atoms with Gasteiger partial charge in [0.15, 0.2) is 0 Å². The molecule has 1 rings (SSSR count). The highest BCUT2D eigenvalue weighted by Gasteiger charge is 2.12. The SMILES string of the molecule is CC(=O)Nc1cccc(NC(=O)N(CCO)CCO)c1. The van der Waals surface area contributed by atoms with Crippen LogP contribution in [-0.4, -0.2) is 53.4 Å². The highest BCUT2D eigenvalue weighted by molar-refractivity contribution is 5.92. The van der Waals surface area contributed by atoms with Crippen LogP contribution in [0.2, 0.25) is 0 Å². The number of nitrogens with zero attached hydrogens (tertiary/aromatic N) is 1. The van der Waals surface area contributed by atoms with Crippen molar-refractivity contribution in [1.29, 1.82) is 0 Å². The van der Waals surface area contributed by atoms with Crippen LogP contribution < -0.4 is 10.6 Å². The van der Waals surface area contributed by atoms with Crippen molar-refractivity contribution >= 4 is 23.3 Å². The Hall–Kier alpha value is -2.12. The number of carbonyl (C=O) groups excluding carboxylic acids is 2. The molecule has 7 heteroatoms. The minimum absolute atomic E-state index is 0.137. The highest BCUT2D eigenvalue weighted by Crippen LogP contribution is 2.15. The average molecular weight is 281 g/mol. The predicted octanol–water partition coefficient (Wildman–Crippen LogP) is 0.463. The molecule has 0 bridgehead atoms. The lowest BCUT2D eigenvalue weighted by molar-refractivity contribution is -0.114. The van der Waals surface area contributed by atoms with Gasteiger partial charge in [0.25, 0.3) is 0 Å². The largest absolute Gasteiger partial charge is 0.395 e. The van der Waals surface area contributed by atoms with Crippen molar-refractivity contribution in [3.8, 4) is 0 Å². The summed E-state index contributed by atoms with van der Waals surface area (Å²) in [6.07, 6.45) is 0. The van der Waals surface area contributed by atoms with Crippen LogP contribution in [0.25, 0.3) is 0 Å². The molecule has 0 atom stereocenters. The van der Waals surface area contributed by atoms with Gasteiger partial charge in [0.2, 0.25) is 5.91 Å². The van der Waals surface area contributed by atoms with Gasteiger partial charge in [-0.1, -0.05) is 6.07 Å². The summed E-state index contributed by atoms with van der Waals surface area (Å²) in [5.74, 6) is -0.198. The number of hydrogen-bond donors (Lipinski definition) is 4. The zero-order chi connectivity index (χ0) is 15.0. The Balaban J connectivity index is 2.70. The van der Waals surface area contributed by atoms with Crippen molar-refractivity contribution in [1.82, 2.24) is 4.90 Å². The van der Waals surface area contributed by atoms with E-state index in [0.29, 0.717) is 11.4 Å². The Morgan fingerprint density at radius 3 is 2.15 bits per heavy atom. The van der Waals surface area contributed by atoms with Crippen LogP contribution in [0, 0.1) is 0 Å². The molecule has 1 aromatic carbocycles. The van der Waals surface area contributed by atoms with Crippen LogP contribution in [0.3, 0.4) is 0 Å². The third-order valence-corrected chi connectivity index (χ3v) is 2.46. The molecule has 7 nitrogen and oxygen atoms in total. The van der Waals surface area contributed by atoms with Gasteiger partial charge in [-0.15, -0.1) is 0 Å². The number of aliphatic hydroxyl groups is 2. The molecule has 4 N–H and O–H groups in total. The maximum absolute atomic E-state index is 11.9. The van der Waals surface area contributed by atoms with E-state index < -0.39 is 6.03 Å². The Labute approximate surface area is 117 Å². The summed E-state index contributed by atoms with van der Waals surface area (Å²) in [4.78, 5) is 24.2. The number of hydrogen-bond acceptors (Lipinski definition) is 4. The maximum atomic E-state index is 11.9. The van der Waals surface area contributed by atoms with E-state index in [1.807, 2.05) is 0 Å². The summed E-state index contributed by atoms with van der Waals surface area (Å²) in [7, 11) is 0. The first-order valence-corrected chi connectivity index (χ1v) is 6.22. The van der Waals surface area contributed by atoms with E-state index in [9.17, 15) is 9.59 Å². The van der Waals surface area contributed by atoms with Crippen molar-refractivity contribution in [3.63, 3.8) is 0 Å². The summed E-state index contributed by atoms with van der Waals surface area (Å²) >= 11 is 0. The van der Waals surface area contributed by atoms with Gasteiger partial charge >= 0.3 is 6.03 Å². The van der Waals surface area contributed by atoms with Crippen LogP contribution in [0.1, 0.15) is 6.92 Å². The van der Waals surface area contributed by atoms with E-state index in [-0.39, 0.29) is 32.2 Å². The fourth-order valence-electron chi connectivity index (χ4n) is 1.64. The van der Waals surface area contributed by atoms with E-state index >= 15 is 0 Å². The Morgan fingerprint density at radius 2 is 1.65 bits per heavy atom. The van der Waals surface area contributed by atoms with Crippen LogP contribution >= 0.6 is 0 Å². The number of urea groups is 1. The van der Waals surface area contributed by atoms with Crippen LogP contribution in [0.4, 0.5) is 16.2 Å². The molecule has 3 amide bonds. The highest BCUT2D eigenvalue weighted by atomic mass is 16.3. The number of amides is 3. The quantitative estimate of drug-likeness (QED) is 0.608. The van der Waals surface area contributed by atoms with Gasteiger partial charge in [-0.05, 0) is 18.2 Å². The molecule has 0 aliphatic carbocycles. The van der Waals surface area contributed by atoms with E-state index in [4.69, 9.17) is 10.2 Å². The van der Waals surface area contributed by atoms with Gasteiger partial charge < -0.3 is 25.7 Å². The molecular weight excluding hydrogens is 262 g/mol. The second-order valence-corrected chi connectivity index (χ2v) is 4.13. The smallest absolute Gasteiger partial charge is 0.322 e. The maximum Gasteiger partial charge on any atom is 0.322 e. The summed E-state index contributed by atoms with van der Waals surface area (Å²) in [6.45, 7) is 1.31. The molecule has 0 aliphatic heterocycles. The Kier molecular flexibility index (Phi) is 6.48. The topological polar surface area (TPSA) is 102 Å². The molecule has 0 saturated carbocycles. The average Bonchev–Trinajstić information content (AvgIpc) is 2.38. The summed E-state index contributed by atoms with van der Waals surface area (Å²) in [6, 6.07) is 6.28. The van der Waals surface area contributed by atoms with Gasteiger partial charge in [-0.3, -0.25) is 4.79 Å². The summed E-state index contributed by atoms with van der Waals surface area (Å²) in [5, 5.41) is 23.0. The minimum Gasteiger partial charge on any atom is -0.395 e. The minimum atomic E-state index is -0.423. The molecule has 0 spiro atoms. The summed E-state index contributed by atoms with van der Waals surface area (Å²) in [5.41, 5.74) is 1.09. The predicted molar refractivity (Wildman–Crippen MR) is 75.5 cm³/mol. The molecule has 1 aromatic rings. The zero-order valence-electron chi connectivity index (χ0n) is 11.3. The van der Waals surface area contributed by atoms with Crippen molar-refractivity contribution in [2.75, 3.05) is 36.9 Å². The van der Waals surface area contributed by atoms with Gasteiger partial charge in [-0.25, -0.2) is 4.79 Å². The molecule has 0 fully saturated rings. The van der Waals surface area contributed by atoms with E-state index in [2.05, 4.69) is 10.6 Å². The lowest BCUT2D eigenvalue weighted by atomic mass is 10.2. The number of aliphatic hydroxyl groups excluding tert-OH is 2. The number of nitrogens with one attached hydrogen (secondary N) is 2. The fraction of sp³-hybridized carbons (Fsp3) is 0.385. The van der Waals surface area contributed by atoms with Crippen LogP contribution in [-0.2, 0) is 4.79 Å².